The number of aromatic nitrogens is 2. The molecular weight excluding hydrogens is 318 g/mol. The van der Waals surface area contributed by atoms with E-state index in [0.717, 1.165) is 6.42 Å². The van der Waals surface area contributed by atoms with E-state index >= 15 is 0 Å². The van der Waals surface area contributed by atoms with Gasteiger partial charge in [0.15, 0.2) is 6.61 Å². The van der Waals surface area contributed by atoms with Crippen molar-refractivity contribution >= 4 is 21.6 Å². The molecule has 0 saturated heterocycles. The lowest BCUT2D eigenvalue weighted by molar-refractivity contribution is 0.278. The molecular formula is C12H14ClN3O4S. The number of rotatable bonds is 6. The Kier molecular flexibility index (Phi) is 4.81. The van der Waals surface area contributed by atoms with Crippen molar-refractivity contribution in [2.24, 2.45) is 5.14 Å². The second-order valence-electron chi connectivity index (χ2n) is 4.28. The van der Waals surface area contributed by atoms with Crippen molar-refractivity contribution in [2.75, 3.05) is 0 Å². The molecule has 21 heavy (non-hydrogen) atoms. The fourth-order valence-electron chi connectivity index (χ4n) is 1.63. The largest absolute Gasteiger partial charge is 0.484 e. The highest BCUT2D eigenvalue weighted by atomic mass is 35.5. The number of hydrogen-bond acceptors (Lipinski definition) is 6. The summed E-state index contributed by atoms with van der Waals surface area (Å²) in [5.41, 5.74) is 0. The van der Waals surface area contributed by atoms with Crippen LogP contribution in [0.4, 0.5) is 0 Å². The average molecular weight is 332 g/mol. The maximum Gasteiger partial charge on any atom is 0.241 e. The lowest BCUT2D eigenvalue weighted by Crippen LogP contribution is -2.14. The van der Waals surface area contributed by atoms with E-state index in [9.17, 15) is 8.42 Å². The van der Waals surface area contributed by atoms with Gasteiger partial charge >= 0.3 is 0 Å². The van der Waals surface area contributed by atoms with E-state index in [2.05, 4.69) is 10.1 Å². The summed E-state index contributed by atoms with van der Waals surface area (Å²) in [5.74, 6) is 0.927. The van der Waals surface area contributed by atoms with Crippen molar-refractivity contribution < 1.29 is 17.7 Å². The topological polar surface area (TPSA) is 108 Å². The summed E-state index contributed by atoms with van der Waals surface area (Å²) >= 11 is 5.76. The predicted molar refractivity (Wildman–Crippen MR) is 75.5 cm³/mol. The number of nitrogens with two attached hydrogens (primary N) is 1. The SMILES string of the molecule is CCCc1nc(COc2ccc(Cl)cc2S(N)(=O)=O)no1. The Balaban J connectivity index is 2.16. The van der Waals surface area contributed by atoms with Gasteiger partial charge in [-0.1, -0.05) is 23.7 Å². The third-order valence-corrected chi connectivity index (χ3v) is 3.71. The van der Waals surface area contributed by atoms with Crippen LogP contribution in [-0.4, -0.2) is 18.6 Å². The first-order valence-electron chi connectivity index (χ1n) is 6.16. The number of aryl methyl sites for hydroxylation is 1. The smallest absolute Gasteiger partial charge is 0.241 e. The molecule has 2 N–H and O–H groups in total. The molecule has 7 nitrogen and oxygen atoms in total. The number of ether oxygens (including phenoxy) is 1. The van der Waals surface area contributed by atoms with Crippen LogP contribution < -0.4 is 9.88 Å². The summed E-state index contributed by atoms with van der Waals surface area (Å²) in [6, 6.07) is 4.16. The first-order valence-corrected chi connectivity index (χ1v) is 8.09. The Morgan fingerprint density at radius 1 is 1.43 bits per heavy atom. The molecule has 2 aromatic rings. The predicted octanol–water partition coefficient (Wildman–Crippen LogP) is 1.90. The summed E-state index contributed by atoms with van der Waals surface area (Å²) in [6.07, 6.45) is 1.56. The first kappa shape index (κ1) is 15.7. The van der Waals surface area contributed by atoms with Gasteiger partial charge in [0.05, 0.1) is 0 Å². The molecule has 0 aliphatic rings. The van der Waals surface area contributed by atoms with Gasteiger partial charge in [0, 0.05) is 11.4 Å². The van der Waals surface area contributed by atoms with E-state index < -0.39 is 10.0 Å². The van der Waals surface area contributed by atoms with Gasteiger partial charge in [0.25, 0.3) is 0 Å². The summed E-state index contributed by atoms with van der Waals surface area (Å²) in [5, 5.41) is 9.11. The zero-order valence-corrected chi connectivity index (χ0v) is 12.8. The maximum atomic E-state index is 11.5. The molecule has 0 saturated carbocycles. The number of halogens is 1. The van der Waals surface area contributed by atoms with Gasteiger partial charge in [-0.05, 0) is 24.6 Å². The number of nitrogens with zero attached hydrogens (tertiary/aromatic N) is 2. The fraction of sp³-hybridized carbons (Fsp3) is 0.333. The third kappa shape index (κ3) is 4.16. The highest BCUT2D eigenvalue weighted by Gasteiger charge is 2.17. The van der Waals surface area contributed by atoms with E-state index in [1.54, 1.807) is 0 Å². The van der Waals surface area contributed by atoms with Crippen LogP contribution in [0.25, 0.3) is 0 Å². The van der Waals surface area contributed by atoms with Crippen LogP contribution in [0.3, 0.4) is 0 Å². The molecule has 0 amide bonds. The van der Waals surface area contributed by atoms with E-state index in [-0.39, 0.29) is 22.3 Å². The van der Waals surface area contributed by atoms with Gasteiger partial charge in [0.1, 0.15) is 10.6 Å². The minimum absolute atomic E-state index is 0.0304. The van der Waals surface area contributed by atoms with Crippen LogP contribution >= 0.6 is 11.6 Å². The second kappa shape index (κ2) is 6.42. The standard InChI is InChI=1S/C12H14ClN3O4S/c1-2-3-12-15-11(16-20-12)7-19-9-5-4-8(13)6-10(9)21(14,17)18/h4-6H,2-3,7H2,1H3,(H2,14,17,18). The van der Waals surface area contributed by atoms with Gasteiger partial charge in [-0.15, -0.1) is 0 Å². The normalized spacial score (nSPS) is 11.6. The third-order valence-electron chi connectivity index (χ3n) is 2.54. The number of benzene rings is 1. The molecule has 1 heterocycles. The minimum Gasteiger partial charge on any atom is -0.484 e. The van der Waals surface area contributed by atoms with Gasteiger partial charge in [-0.3, -0.25) is 0 Å². The number of hydrogen-bond donors (Lipinski definition) is 1. The molecule has 9 heteroatoms. The van der Waals surface area contributed by atoms with Crippen molar-refractivity contribution in [3.63, 3.8) is 0 Å². The van der Waals surface area contributed by atoms with Crippen molar-refractivity contribution in [1.29, 1.82) is 0 Å². The molecule has 0 radical (unpaired) electrons. The molecule has 0 spiro atoms. The highest BCUT2D eigenvalue weighted by molar-refractivity contribution is 7.89. The van der Waals surface area contributed by atoms with Gasteiger partial charge < -0.3 is 9.26 Å². The molecule has 1 aromatic heterocycles. The average Bonchev–Trinajstić information content (AvgIpc) is 2.84. The van der Waals surface area contributed by atoms with Crippen molar-refractivity contribution in [3.8, 4) is 5.75 Å². The Hall–Kier alpha value is -1.64. The summed E-state index contributed by atoms with van der Waals surface area (Å²) in [7, 11) is -3.94. The molecule has 0 aliphatic carbocycles. The molecule has 114 valence electrons. The molecule has 2 rings (SSSR count). The molecule has 0 atom stereocenters. The number of primary sulfonamides is 1. The zero-order valence-electron chi connectivity index (χ0n) is 11.2. The van der Waals surface area contributed by atoms with Crippen LogP contribution in [0.1, 0.15) is 25.1 Å². The van der Waals surface area contributed by atoms with Crippen molar-refractivity contribution in [1.82, 2.24) is 10.1 Å². The fourth-order valence-corrected chi connectivity index (χ4v) is 2.57. The molecule has 0 aliphatic heterocycles. The van der Waals surface area contributed by atoms with Gasteiger partial charge in [-0.25, -0.2) is 13.6 Å². The zero-order chi connectivity index (χ0) is 15.5. The molecule has 1 aromatic carbocycles. The van der Waals surface area contributed by atoms with E-state index in [1.165, 1.54) is 18.2 Å². The lowest BCUT2D eigenvalue weighted by Gasteiger charge is -2.08. The lowest BCUT2D eigenvalue weighted by atomic mass is 10.3. The summed E-state index contributed by atoms with van der Waals surface area (Å²) in [4.78, 5) is 3.93. The summed E-state index contributed by atoms with van der Waals surface area (Å²) < 4.78 is 33.4. The Morgan fingerprint density at radius 2 is 2.19 bits per heavy atom. The van der Waals surface area contributed by atoms with Crippen molar-refractivity contribution in [2.45, 2.75) is 31.3 Å². The van der Waals surface area contributed by atoms with E-state index in [1.807, 2.05) is 6.92 Å². The molecule has 0 fully saturated rings. The maximum absolute atomic E-state index is 11.5. The molecule has 0 unspecified atom stereocenters. The van der Waals surface area contributed by atoms with Gasteiger partial charge in [-0.2, -0.15) is 4.98 Å². The van der Waals surface area contributed by atoms with E-state index in [0.29, 0.717) is 18.1 Å². The van der Waals surface area contributed by atoms with Crippen LogP contribution in [0.5, 0.6) is 5.75 Å². The van der Waals surface area contributed by atoms with Crippen molar-refractivity contribution in [3.05, 3.63) is 34.9 Å². The van der Waals surface area contributed by atoms with Gasteiger partial charge in [0.2, 0.25) is 21.7 Å². The Labute approximate surface area is 127 Å². The first-order chi connectivity index (χ1) is 9.90. The highest BCUT2D eigenvalue weighted by Crippen LogP contribution is 2.26. The molecule has 0 bridgehead atoms. The van der Waals surface area contributed by atoms with Crippen LogP contribution in [-0.2, 0) is 23.1 Å². The number of sulfonamides is 1. The summed E-state index contributed by atoms with van der Waals surface area (Å²) in [6.45, 7) is 1.96. The van der Waals surface area contributed by atoms with E-state index in [4.69, 9.17) is 26.0 Å². The Bertz CT molecular complexity index is 730. The second-order valence-corrected chi connectivity index (χ2v) is 6.25. The Morgan fingerprint density at radius 3 is 2.86 bits per heavy atom. The monoisotopic (exact) mass is 331 g/mol. The van der Waals surface area contributed by atoms with Crippen LogP contribution in [0, 0.1) is 0 Å². The van der Waals surface area contributed by atoms with Crippen LogP contribution in [0.15, 0.2) is 27.6 Å². The quantitative estimate of drug-likeness (QED) is 0.866. The van der Waals surface area contributed by atoms with Crippen LogP contribution in [0.2, 0.25) is 5.02 Å². The minimum atomic E-state index is -3.94.